The van der Waals surface area contributed by atoms with Crippen LogP contribution < -0.4 is 15.4 Å². The second kappa shape index (κ2) is 7.91. The predicted molar refractivity (Wildman–Crippen MR) is 98.1 cm³/mol. The first-order chi connectivity index (χ1) is 12.6. The van der Waals surface area contributed by atoms with Crippen LogP contribution in [0.5, 0.6) is 5.75 Å². The quantitative estimate of drug-likeness (QED) is 0.780. The highest BCUT2D eigenvalue weighted by Crippen LogP contribution is 2.20. The van der Waals surface area contributed by atoms with Crippen molar-refractivity contribution in [3.05, 3.63) is 59.7 Å². The van der Waals surface area contributed by atoms with E-state index < -0.39 is 0 Å². The molecule has 0 spiro atoms. The predicted octanol–water partition coefficient (Wildman–Crippen LogP) is 2.60. The van der Waals surface area contributed by atoms with Gasteiger partial charge in [0.25, 0.3) is 5.91 Å². The van der Waals surface area contributed by atoms with Crippen molar-refractivity contribution in [3.8, 4) is 5.75 Å². The van der Waals surface area contributed by atoms with E-state index in [2.05, 4.69) is 10.6 Å². The maximum Gasteiger partial charge on any atom is 0.308 e. The molecular formula is C20H22N2O4. The first-order valence-corrected chi connectivity index (χ1v) is 8.53. The minimum atomic E-state index is -0.295. The van der Waals surface area contributed by atoms with Crippen LogP contribution in [0.15, 0.2) is 48.5 Å². The number of esters is 1. The Hall–Kier alpha value is -3.02. The number of benzene rings is 2. The van der Waals surface area contributed by atoms with E-state index in [1.54, 1.807) is 6.07 Å². The zero-order valence-electron chi connectivity index (χ0n) is 14.8. The fourth-order valence-electron chi connectivity index (χ4n) is 2.89. The lowest BCUT2D eigenvalue weighted by atomic mass is 10.0. The van der Waals surface area contributed by atoms with Crippen molar-refractivity contribution in [2.75, 3.05) is 19.0 Å². The SMILES string of the molecule is COC(=O)C(C)Cc1ccc(OCC2NC(=O)c3ccccc3N2)cc1. The molecular weight excluding hydrogens is 332 g/mol. The molecule has 1 aliphatic heterocycles. The van der Waals surface area contributed by atoms with Crippen LogP contribution in [-0.4, -0.2) is 31.8 Å². The Balaban J connectivity index is 1.54. The fourth-order valence-corrected chi connectivity index (χ4v) is 2.89. The Morgan fingerprint density at radius 3 is 2.58 bits per heavy atom. The van der Waals surface area contributed by atoms with Gasteiger partial charge in [0.15, 0.2) is 0 Å². The van der Waals surface area contributed by atoms with Crippen LogP contribution in [-0.2, 0) is 16.0 Å². The lowest BCUT2D eigenvalue weighted by Crippen LogP contribution is -2.48. The zero-order chi connectivity index (χ0) is 18.5. The minimum absolute atomic E-state index is 0.111. The number of rotatable bonds is 6. The average molecular weight is 354 g/mol. The zero-order valence-corrected chi connectivity index (χ0v) is 14.8. The number of ether oxygens (including phenoxy) is 2. The summed E-state index contributed by atoms with van der Waals surface area (Å²) in [6.45, 7) is 2.14. The van der Waals surface area contributed by atoms with E-state index >= 15 is 0 Å². The van der Waals surface area contributed by atoms with Gasteiger partial charge in [0.2, 0.25) is 0 Å². The molecule has 136 valence electrons. The first-order valence-electron chi connectivity index (χ1n) is 8.53. The lowest BCUT2D eigenvalue weighted by Gasteiger charge is -2.27. The third-order valence-corrected chi connectivity index (χ3v) is 4.29. The normalized spacial score (nSPS) is 16.7. The van der Waals surface area contributed by atoms with Gasteiger partial charge in [-0.2, -0.15) is 0 Å². The first kappa shape index (κ1) is 17.8. The van der Waals surface area contributed by atoms with Crippen LogP contribution in [0.1, 0.15) is 22.8 Å². The number of nitrogens with one attached hydrogen (secondary N) is 2. The Bertz CT molecular complexity index is 789. The third-order valence-electron chi connectivity index (χ3n) is 4.29. The molecule has 2 atom stereocenters. The molecule has 1 amide bonds. The topological polar surface area (TPSA) is 76.7 Å². The highest BCUT2D eigenvalue weighted by atomic mass is 16.5. The molecule has 2 unspecified atom stereocenters. The average Bonchev–Trinajstić information content (AvgIpc) is 2.67. The number of methoxy groups -OCH3 is 1. The lowest BCUT2D eigenvalue weighted by molar-refractivity contribution is -0.144. The van der Waals surface area contributed by atoms with Crippen LogP contribution in [0, 0.1) is 5.92 Å². The van der Waals surface area contributed by atoms with E-state index in [1.165, 1.54) is 7.11 Å². The van der Waals surface area contributed by atoms with Gasteiger partial charge in [-0.1, -0.05) is 31.2 Å². The molecule has 6 heteroatoms. The molecule has 0 radical (unpaired) electrons. The summed E-state index contributed by atoms with van der Waals surface area (Å²) < 4.78 is 10.5. The summed E-state index contributed by atoms with van der Waals surface area (Å²) in [5.41, 5.74) is 2.47. The van der Waals surface area contributed by atoms with E-state index in [-0.39, 0.29) is 24.0 Å². The number of amides is 1. The summed E-state index contributed by atoms with van der Waals surface area (Å²) in [5, 5.41) is 6.12. The summed E-state index contributed by atoms with van der Waals surface area (Å²) in [6.07, 6.45) is 0.320. The monoisotopic (exact) mass is 354 g/mol. The number of hydrogen-bond donors (Lipinski definition) is 2. The van der Waals surface area contributed by atoms with Crippen molar-refractivity contribution in [1.82, 2.24) is 5.32 Å². The van der Waals surface area contributed by atoms with E-state index in [4.69, 9.17) is 9.47 Å². The molecule has 0 aromatic heterocycles. The summed E-state index contributed by atoms with van der Waals surface area (Å²) in [5.74, 6) is 0.188. The van der Waals surface area contributed by atoms with Gasteiger partial charge in [-0.3, -0.25) is 9.59 Å². The molecule has 6 nitrogen and oxygen atoms in total. The second-order valence-electron chi connectivity index (χ2n) is 6.30. The summed E-state index contributed by atoms with van der Waals surface area (Å²) in [7, 11) is 1.40. The molecule has 1 heterocycles. The van der Waals surface area contributed by atoms with Gasteiger partial charge in [-0.15, -0.1) is 0 Å². The van der Waals surface area contributed by atoms with Gasteiger partial charge in [0.1, 0.15) is 18.5 Å². The van der Waals surface area contributed by atoms with Gasteiger partial charge in [0.05, 0.1) is 18.6 Å². The molecule has 2 N–H and O–H groups in total. The van der Waals surface area contributed by atoms with E-state index in [1.807, 2.05) is 49.4 Å². The van der Waals surface area contributed by atoms with Crippen molar-refractivity contribution in [2.24, 2.45) is 5.92 Å². The summed E-state index contributed by atoms with van der Waals surface area (Å²) in [6, 6.07) is 14.9. The van der Waals surface area contributed by atoms with Gasteiger partial charge in [-0.25, -0.2) is 0 Å². The maximum absolute atomic E-state index is 12.1. The van der Waals surface area contributed by atoms with Crippen LogP contribution in [0.3, 0.4) is 0 Å². The molecule has 0 aliphatic carbocycles. The van der Waals surface area contributed by atoms with Gasteiger partial charge >= 0.3 is 5.97 Å². The van der Waals surface area contributed by atoms with Crippen molar-refractivity contribution < 1.29 is 19.1 Å². The Morgan fingerprint density at radius 1 is 1.12 bits per heavy atom. The summed E-state index contributed by atoms with van der Waals surface area (Å²) in [4.78, 5) is 23.6. The smallest absolute Gasteiger partial charge is 0.308 e. The highest BCUT2D eigenvalue weighted by molar-refractivity contribution is 6.01. The van der Waals surface area contributed by atoms with E-state index in [0.717, 1.165) is 11.3 Å². The molecule has 26 heavy (non-hydrogen) atoms. The van der Waals surface area contributed by atoms with Crippen molar-refractivity contribution in [2.45, 2.75) is 19.5 Å². The number of carbonyl (C=O) groups excluding carboxylic acids is 2. The maximum atomic E-state index is 12.1. The highest BCUT2D eigenvalue weighted by Gasteiger charge is 2.23. The summed E-state index contributed by atoms with van der Waals surface area (Å²) >= 11 is 0. The van der Waals surface area contributed by atoms with E-state index in [0.29, 0.717) is 24.3 Å². The van der Waals surface area contributed by atoms with Crippen molar-refractivity contribution >= 4 is 17.6 Å². The molecule has 2 aromatic carbocycles. The molecule has 1 aliphatic rings. The second-order valence-corrected chi connectivity index (χ2v) is 6.30. The van der Waals surface area contributed by atoms with Crippen LogP contribution in [0.4, 0.5) is 5.69 Å². The number of hydrogen-bond acceptors (Lipinski definition) is 5. The van der Waals surface area contributed by atoms with Crippen molar-refractivity contribution in [3.63, 3.8) is 0 Å². The van der Waals surface area contributed by atoms with Crippen molar-refractivity contribution in [1.29, 1.82) is 0 Å². The van der Waals surface area contributed by atoms with Crippen LogP contribution in [0.25, 0.3) is 0 Å². The van der Waals surface area contributed by atoms with Gasteiger partial charge in [0, 0.05) is 5.69 Å². The van der Waals surface area contributed by atoms with Crippen LogP contribution in [0.2, 0.25) is 0 Å². The Labute approximate surface area is 152 Å². The molecule has 0 saturated heterocycles. The number of para-hydroxylation sites is 1. The third kappa shape index (κ3) is 4.14. The number of anilines is 1. The number of carbonyl (C=O) groups is 2. The Morgan fingerprint density at radius 2 is 1.85 bits per heavy atom. The van der Waals surface area contributed by atoms with E-state index in [9.17, 15) is 9.59 Å². The largest absolute Gasteiger partial charge is 0.489 e. The molecule has 0 bridgehead atoms. The fraction of sp³-hybridized carbons (Fsp3) is 0.300. The molecule has 0 fully saturated rings. The number of fused-ring (bicyclic) bond motifs is 1. The molecule has 0 saturated carbocycles. The van der Waals surface area contributed by atoms with Crippen LogP contribution >= 0.6 is 0 Å². The van der Waals surface area contributed by atoms with Gasteiger partial charge in [-0.05, 0) is 36.2 Å². The minimum Gasteiger partial charge on any atom is -0.489 e. The standard InChI is InChI=1S/C20H22N2O4/c1-13(20(24)25-2)11-14-7-9-15(10-8-14)26-12-18-21-17-6-4-3-5-16(17)19(23)22-18/h3-10,13,18,21H,11-12H2,1-2H3,(H,22,23). The Kier molecular flexibility index (Phi) is 5.41. The molecule has 2 aromatic rings. The van der Waals surface area contributed by atoms with Gasteiger partial charge < -0.3 is 20.1 Å². The molecule has 3 rings (SSSR count).